The average molecular weight is 442 g/mol. The molecule has 8 nitrogen and oxygen atoms in total. The van der Waals surface area contributed by atoms with Gasteiger partial charge in [0.05, 0.1) is 24.5 Å². The van der Waals surface area contributed by atoms with E-state index in [-0.39, 0.29) is 5.91 Å². The summed E-state index contributed by atoms with van der Waals surface area (Å²) in [5.74, 6) is 1.52. The molecule has 1 N–H and O–H groups in total. The highest BCUT2D eigenvalue weighted by Crippen LogP contribution is 2.22. The fourth-order valence-corrected chi connectivity index (χ4v) is 4.06. The molecule has 8 heteroatoms. The number of hydrogen-bond donors (Lipinski definition) is 1. The van der Waals surface area contributed by atoms with E-state index in [0.29, 0.717) is 17.9 Å². The van der Waals surface area contributed by atoms with Gasteiger partial charge in [-0.15, -0.1) is 0 Å². The molecule has 0 atom stereocenters. The van der Waals surface area contributed by atoms with Crippen molar-refractivity contribution >= 4 is 23.2 Å². The number of fused-ring (bicyclic) bond motifs is 1. The van der Waals surface area contributed by atoms with E-state index in [1.807, 2.05) is 60.1 Å². The standard InChI is InChI=1S/C25H27N7O/c1-18-5-3-4-6-19(18)13-25(33)29-24-16-28-23-15-26-21(17-32(23)24)20-7-8-22(27-14-20)31-11-9-30(2)10-12-31/h3-8,14-17H,9-13H2,1-2H3,(H,29,33). The van der Waals surface area contributed by atoms with Crippen LogP contribution in [-0.2, 0) is 11.2 Å². The van der Waals surface area contributed by atoms with Gasteiger partial charge in [-0.2, -0.15) is 0 Å². The Labute approximate surface area is 192 Å². The molecule has 0 unspecified atom stereocenters. The van der Waals surface area contributed by atoms with Gasteiger partial charge in [-0.25, -0.2) is 9.97 Å². The summed E-state index contributed by atoms with van der Waals surface area (Å²) in [6.45, 7) is 6.06. The van der Waals surface area contributed by atoms with Crippen LogP contribution in [0.1, 0.15) is 11.1 Å². The van der Waals surface area contributed by atoms with E-state index in [0.717, 1.165) is 54.4 Å². The molecule has 1 aliphatic heterocycles. The Morgan fingerprint density at radius 1 is 0.970 bits per heavy atom. The second kappa shape index (κ2) is 8.99. The first-order chi connectivity index (χ1) is 16.1. The zero-order chi connectivity index (χ0) is 22.8. The quantitative estimate of drug-likeness (QED) is 0.513. The van der Waals surface area contributed by atoms with Gasteiger partial charge in [0.2, 0.25) is 5.91 Å². The van der Waals surface area contributed by atoms with Crippen molar-refractivity contribution in [2.75, 3.05) is 43.4 Å². The summed E-state index contributed by atoms with van der Waals surface area (Å²) in [5.41, 5.74) is 4.47. The molecule has 5 rings (SSSR count). The molecule has 1 fully saturated rings. The van der Waals surface area contributed by atoms with E-state index in [4.69, 9.17) is 0 Å². The topological polar surface area (TPSA) is 78.7 Å². The van der Waals surface area contributed by atoms with Crippen molar-refractivity contribution in [2.45, 2.75) is 13.3 Å². The van der Waals surface area contributed by atoms with Crippen molar-refractivity contribution in [3.05, 3.63) is 72.3 Å². The molecular formula is C25H27N7O. The Hall–Kier alpha value is -3.78. The molecule has 0 bridgehead atoms. The lowest BCUT2D eigenvalue weighted by molar-refractivity contribution is -0.115. The van der Waals surface area contributed by atoms with Crippen molar-refractivity contribution in [3.8, 4) is 11.3 Å². The highest BCUT2D eigenvalue weighted by molar-refractivity contribution is 5.92. The van der Waals surface area contributed by atoms with Gasteiger partial charge in [0.25, 0.3) is 0 Å². The second-order valence-electron chi connectivity index (χ2n) is 8.49. The van der Waals surface area contributed by atoms with E-state index >= 15 is 0 Å². The van der Waals surface area contributed by atoms with Gasteiger partial charge in [-0.1, -0.05) is 24.3 Å². The van der Waals surface area contributed by atoms with Crippen molar-refractivity contribution < 1.29 is 4.79 Å². The average Bonchev–Trinajstić information content (AvgIpc) is 3.23. The lowest BCUT2D eigenvalue weighted by Gasteiger charge is -2.33. The fraction of sp³-hybridized carbons (Fsp3) is 0.280. The van der Waals surface area contributed by atoms with Crippen LogP contribution in [0.3, 0.4) is 0 Å². The Kier molecular flexibility index (Phi) is 5.75. The number of aromatic nitrogens is 4. The Morgan fingerprint density at radius 2 is 1.79 bits per heavy atom. The molecule has 0 radical (unpaired) electrons. The number of amides is 1. The van der Waals surface area contributed by atoms with Crippen molar-refractivity contribution in [1.82, 2.24) is 24.3 Å². The Bertz CT molecular complexity index is 1270. The number of pyridine rings is 1. The number of hydrogen-bond acceptors (Lipinski definition) is 6. The molecule has 1 aromatic carbocycles. The SMILES string of the molecule is Cc1ccccc1CC(=O)Nc1cnc2cnc(-c3ccc(N4CCN(C)CC4)nc3)cn12. The van der Waals surface area contributed by atoms with Gasteiger partial charge in [0.1, 0.15) is 11.6 Å². The summed E-state index contributed by atoms with van der Waals surface area (Å²) < 4.78 is 1.85. The van der Waals surface area contributed by atoms with Crippen molar-refractivity contribution in [3.63, 3.8) is 0 Å². The molecule has 33 heavy (non-hydrogen) atoms. The molecule has 1 amide bonds. The van der Waals surface area contributed by atoms with E-state index in [1.165, 1.54) is 0 Å². The first-order valence-electron chi connectivity index (χ1n) is 11.1. The molecule has 0 spiro atoms. The molecule has 1 saturated heterocycles. The summed E-state index contributed by atoms with van der Waals surface area (Å²) in [6.07, 6.45) is 7.43. The second-order valence-corrected chi connectivity index (χ2v) is 8.49. The molecule has 0 saturated carbocycles. The zero-order valence-corrected chi connectivity index (χ0v) is 18.9. The van der Waals surface area contributed by atoms with Crippen LogP contribution >= 0.6 is 0 Å². The maximum absolute atomic E-state index is 12.7. The molecule has 4 aromatic rings. The van der Waals surface area contributed by atoms with Gasteiger partial charge >= 0.3 is 0 Å². The van der Waals surface area contributed by atoms with Crippen LogP contribution in [0.15, 0.2) is 61.2 Å². The molecule has 168 valence electrons. The number of aryl methyl sites for hydroxylation is 1. The van der Waals surface area contributed by atoms with Crippen LogP contribution < -0.4 is 10.2 Å². The van der Waals surface area contributed by atoms with Crippen LogP contribution in [0.2, 0.25) is 0 Å². The maximum atomic E-state index is 12.7. The van der Waals surface area contributed by atoms with Crippen molar-refractivity contribution in [2.24, 2.45) is 0 Å². The number of nitrogens with one attached hydrogen (secondary N) is 1. The minimum atomic E-state index is -0.0809. The number of carbonyl (C=O) groups excluding carboxylic acids is 1. The number of likely N-dealkylation sites (N-methyl/N-ethyl adjacent to an activating group) is 1. The molecule has 3 aromatic heterocycles. The Morgan fingerprint density at radius 3 is 2.55 bits per heavy atom. The fourth-order valence-electron chi connectivity index (χ4n) is 4.06. The third-order valence-corrected chi connectivity index (χ3v) is 6.15. The van der Waals surface area contributed by atoms with Crippen LogP contribution in [0.5, 0.6) is 0 Å². The van der Waals surface area contributed by atoms with E-state index in [2.05, 4.69) is 37.1 Å². The van der Waals surface area contributed by atoms with E-state index < -0.39 is 0 Å². The van der Waals surface area contributed by atoms with Crippen LogP contribution in [0.25, 0.3) is 16.9 Å². The Balaban J connectivity index is 1.34. The van der Waals surface area contributed by atoms with Crippen LogP contribution in [-0.4, -0.2) is 63.4 Å². The van der Waals surface area contributed by atoms with E-state index in [9.17, 15) is 4.79 Å². The zero-order valence-electron chi connectivity index (χ0n) is 18.9. The molecule has 1 aliphatic rings. The third-order valence-electron chi connectivity index (χ3n) is 6.15. The monoisotopic (exact) mass is 441 g/mol. The smallest absolute Gasteiger partial charge is 0.229 e. The minimum absolute atomic E-state index is 0.0809. The number of benzene rings is 1. The summed E-state index contributed by atoms with van der Waals surface area (Å²) in [4.78, 5) is 30.9. The van der Waals surface area contributed by atoms with Crippen molar-refractivity contribution in [1.29, 1.82) is 0 Å². The number of carbonyl (C=O) groups is 1. The highest BCUT2D eigenvalue weighted by Gasteiger charge is 2.16. The number of piperazine rings is 1. The lowest BCUT2D eigenvalue weighted by Crippen LogP contribution is -2.44. The highest BCUT2D eigenvalue weighted by atomic mass is 16.1. The first-order valence-corrected chi connectivity index (χ1v) is 11.1. The maximum Gasteiger partial charge on any atom is 0.229 e. The van der Waals surface area contributed by atoms with Gasteiger partial charge in [-0.05, 0) is 37.2 Å². The third kappa shape index (κ3) is 4.56. The number of rotatable bonds is 5. The summed E-state index contributed by atoms with van der Waals surface area (Å²) in [7, 11) is 2.14. The number of anilines is 2. The molecular weight excluding hydrogens is 414 g/mol. The molecule has 4 heterocycles. The van der Waals surface area contributed by atoms with Gasteiger partial charge in [0.15, 0.2) is 5.65 Å². The predicted molar refractivity (Wildman–Crippen MR) is 129 cm³/mol. The van der Waals surface area contributed by atoms with Crippen LogP contribution in [0.4, 0.5) is 11.6 Å². The summed E-state index contributed by atoms with van der Waals surface area (Å²) in [6, 6.07) is 12.0. The number of nitrogens with zero attached hydrogens (tertiary/aromatic N) is 6. The molecule has 0 aliphatic carbocycles. The lowest BCUT2D eigenvalue weighted by atomic mass is 10.1. The predicted octanol–water partition coefficient (Wildman–Crippen LogP) is 3.03. The van der Waals surface area contributed by atoms with Gasteiger partial charge < -0.3 is 15.1 Å². The summed E-state index contributed by atoms with van der Waals surface area (Å²) in [5, 5.41) is 2.98. The minimum Gasteiger partial charge on any atom is -0.354 e. The van der Waals surface area contributed by atoms with E-state index in [1.54, 1.807) is 12.4 Å². The van der Waals surface area contributed by atoms with Gasteiger partial charge in [0, 0.05) is 44.1 Å². The summed E-state index contributed by atoms with van der Waals surface area (Å²) >= 11 is 0. The number of imidazole rings is 1. The van der Waals surface area contributed by atoms with Crippen LogP contribution in [0, 0.1) is 6.92 Å². The first kappa shape index (κ1) is 21.1. The largest absolute Gasteiger partial charge is 0.354 e. The van der Waals surface area contributed by atoms with Gasteiger partial charge in [-0.3, -0.25) is 14.2 Å². The normalized spacial score (nSPS) is 14.5.